The number of nitrogens with one attached hydrogen (secondary N) is 2. The lowest BCUT2D eigenvalue weighted by atomic mass is 10.5. The second-order valence-electron chi connectivity index (χ2n) is 4.96. The highest BCUT2D eigenvalue weighted by Gasteiger charge is 2.29. The fourth-order valence-electron chi connectivity index (χ4n) is 2.38. The van der Waals surface area contributed by atoms with E-state index in [2.05, 4.69) is 10.6 Å². The van der Waals surface area contributed by atoms with E-state index < -0.39 is 0 Å². The van der Waals surface area contributed by atoms with Crippen LogP contribution in [0.2, 0.25) is 0 Å². The molecule has 0 unspecified atom stereocenters. The van der Waals surface area contributed by atoms with E-state index in [-0.39, 0.29) is 18.0 Å². The van der Waals surface area contributed by atoms with Gasteiger partial charge in [0.25, 0.3) is 0 Å². The molecule has 2 N–H and O–H groups in total. The summed E-state index contributed by atoms with van der Waals surface area (Å²) in [6.45, 7) is 6.31. The molecule has 0 atom stereocenters. The number of rotatable bonds is 6. The molecule has 8 heteroatoms. The molecule has 0 aromatic heterocycles. The molecule has 2 aliphatic heterocycles. The number of amides is 5. The summed E-state index contributed by atoms with van der Waals surface area (Å²) in [6, 6.07) is -0.0749. The molecular weight excluding hydrogens is 262 g/mol. The van der Waals surface area contributed by atoms with Crippen LogP contribution in [-0.2, 0) is 4.79 Å². The van der Waals surface area contributed by atoms with Crippen LogP contribution in [0.5, 0.6) is 0 Å². The summed E-state index contributed by atoms with van der Waals surface area (Å²) in [5, 5.41) is 5.41. The Morgan fingerprint density at radius 2 is 1.75 bits per heavy atom. The molecule has 20 heavy (non-hydrogen) atoms. The maximum Gasteiger partial charge on any atom is 0.320 e. The van der Waals surface area contributed by atoms with Crippen LogP contribution in [0.3, 0.4) is 0 Å². The van der Waals surface area contributed by atoms with E-state index in [4.69, 9.17) is 0 Å². The van der Waals surface area contributed by atoms with E-state index in [1.54, 1.807) is 14.7 Å². The lowest BCUT2D eigenvalue weighted by Crippen LogP contribution is -2.40. The van der Waals surface area contributed by atoms with Crippen LogP contribution >= 0.6 is 0 Å². The molecule has 0 bridgehead atoms. The number of carbonyl (C=O) groups is 3. The van der Waals surface area contributed by atoms with Gasteiger partial charge in [0.05, 0.1) is 0 Å². The Morgan fingerprint density at radius 1 is 1.10 bits per heavy atom. The zero-order chi connectivity index (χ0) is 14.5. The highest BCUT2D eigenvalue weighted by Crippen LogP contribution is 2.08. The third-order valence-electron chi connectivity index (χ3n) is 3.52. The third-order valence-corrected chi connectivity index (χ3v) is 3.52. The summed E-state index contributed by atoms with van der Waals surface area (Å²) in [4.78, 5) is 39.4. The summed E-state index contributed by atoms with van der Waals surface area (Å²) >= 11 is 0. The SMILES string of the molecule is CC(=O)NCCN1CCN(CCN2CCNC2=O)C1=O. The Kier molecular flexibility index (Phi) is 4.65. The standard InChI is InChI=1S/C12H21N5O3/c1-10(18)13-2-5-16-8-9-17(12(16)20)7-6-15-4-3-14-11(15)19/h2-9H2,1H3,(H,13,18)(H,14,19). The third kappa shape index (κ3) is 3.52. The van der Waals surface area contributed by atoms with Crippen molar-refractivity contribution >= 4 is 18.0 Å². The zero-order valence-electron chi connectivity index (χ0n) is 11.7. The first kappa shape index (κ1) is 14.4. The van der Waals surface area contributed by atoms with Crippen LogP contribution in [0.15, 0.2) is 0 Å². The highest BCUT2D eigenvalue weighted by molar-refractivity contribution is 5.78. The van der Waals surface area contributed by atoms with Crippen LogP contribution in [0.25, 0.3) is 0 Å². The lowest BCUT2D eigenvalue weighted by molar-refractivity contribution is -0.118. The minimum atomic E-state index is -0.0893. The molecule has 2 aliphatic rings. The van der Waals surface area contributed by atoms with E-state index in [0.29, 0.717) is 52.4 Å². The average molecular weight is 283 g/mol. The Bertz CT molecular complexity index is 401. The molecule has 2 rings (SSSR count). The zero-order valence-corrected chi connectivity index (χ0v) is 11.7. The van der Waals surface area contributed by atoms with Crippen LogP contribution in [0, 0.1) is 0 Å². The molecule has 0 saturated carbocycles. The van der Waals surface area contributed by atoms with Crippen molar-refractivity contribution < 1.29 is 14.4 Å². The predicted molar refractivity (Wildman–Crippen MR) is 72.2 cm³/mol. The minimum Gasteiger partial charge on any atom is -0.355 e. The topological polar surface area (TPSA) is 85.0 Å². The fourth-order valence-corrected chi connectivity index (χ4v) is 2.38. The monoisotopic (exact) mass is 283 g/mol. The summed E-state index contributed by atoms with van der Waals surface area (Å²) in [7, 11) is 0. The number of urea groups is 2. The maximum absolute atomic E-state index is 12.1. The number of nitrogens with zero attached hydrogens (tertiary/aromatic N) is 3. The van der Waals surface area contributed by atoms with E-state index in [9.17, 15) is 14.4 Å². The van der Waals surface area contributed by atoms with Gasteiger partial charge in [-0.25, -0.2) is 9.59 Å². The van der Waals surface area contributed by atoms with Crippen molar-refractivity contribution in [2.45, 2.75) is 6.92 Å². The largest absolute Gasteiger partial charge is 0.355 e. The molecule has 0 aliphatic carbocycles. The van der Waals surface area contributed by atoms with Gasteiger partial charge in [-0.2, -0.15) is 0 Å². The summed E-state index contributed by atoms with van der Waals surface area (Å²) in [5.41, 5.74) is 0. The Hall–Kier alpha value is -1.99. The Labute approximate surface area is 118 Å². The fraction of sp³-hybridized carbons (Fsp3) is 0.750. The van der Waals surface area contributed by atoms with E-state index in [0.717, 1.165) is 0 Å². The smallest absolute Gasteiger partial charge is 0.320 e. The van der Waals surface area contributed by atoms with Gasteiger partial charge in [0.2, 0.25) is 5.91 Å². The van der Waals surface area contributed by atoms with Gasteiger partial charge in [-0.05, 0) is 0 Å². The van der Waals surface area contributed by atoms with E-state index >= 15 is 0 Å². The van der Waals surface area contributed by atoms with Crippen molar-refractivity contribution in [3.8, 4) is 0 Å². The molecule has 2 saturated heterocycles. The Balaban J connectivity index is 1.70. The summed E-state index contributed by atoms with van der Waals surface area (Å²) in [5.74, 6) is -0.0893. The van der Waals surface area contributed by atoms with Gasteiger partial charge in [0.15, 0.2) is 0 Å². The molecule has 0 aromatic carbocycles. The van der Waals surface area contributed by atoms with Crippen molar-refractivity contribution in [2.24, 2.45) is 0 Å². The van der Waals surface area contributed by atoms with Gasteiger partial charge in [-0.3, -0.25) is 4.79 Å². The van der Waals surface area contributed by atoms with Crippen molar-refractivity contribution in [2.75, 3.05) is 52.4 Å². The number of hydrogen-bond donors (Lipinski definition) is 2. The first-order valence-electron chi connectivity index (χ1n) is 6.89. The first-order valence-corrected chi connectivity index (χ1v) is 6.89. The van der Waals surface area contributed by atoms with Gasteiger partial charge in [0.1, 0.15) is 0 Å². The first-order chi connectivity index (χ1) is 9.58. The van der Waals surface area contributed by atoms with Crippen LogP contribution in [0.4, 0.5) is 9.59 Å². The van der Waals surface area contributed by atoms with E-state index in [1.807, 2.05) is 0 Å². The van der Waals surface area contributed by atoms with Crippen LogP contribution in [0.1, 0.15) is 6.92 Å². The molecule has 0 spiro atoms. The maximum atomic E-state index is 12.1. The lowest BCUT2D eigenvalue weighted by Gasteiger charge is -2.21. The normalized spacial score (nSPS) is 18.8. The van der Waals surface area contributed by atoms with Gasteiger partial charge >= 0.3 is 12.1 Å². The number of hydrogen-bond acceptors (Lipinski definition) is 3. The average Bonchev–Trinajstić information content (AvgIpc) is 2.95. The summed E-state index contributed by atoms with van der Waals surface area (Å²) in [6.07, 6.45) is 0. The molecule has 2 heterocycles. The molecule has 0 aromatic rings. The van der Waals surface area contributed by atoms with Gasteiger partial charge in [0, 0.05) is 59.3 Å². The van der Waals surface area contributed by atoms with Crippen molar-refractivity contribution in [1.29, 1.82) is 0 Å². The molecule has 0 radical (unpaired) electrons. The van der Waals surface area contributed by atoms with Crippen molar-refractivity contribution in [3.05, 3.63) is 0 Å². The molecule has 2 fully saturated rings. The number of carbonyl (C=O) groups excluding carboxylic acids is 3. The molecular formula is C12H21N5O3. The quantitative estimate of drug-likeness (QED) is 0.648. The highest BCUT2D eigenvalue weighted by atomic mass is 16.2. The van der Waals surface area contributed by atoms with Crippen LogP contribution < -0.4 is 10.6 Å². The second-order valence-corrected chi connectivity index (χ2v) is 4.96. The van der Waals surface area contributed by atoms with Gasteiger partial charge < -0.3 is 25.3 Å². The van der Waals surface area contributed by atoms with Gasteiger partial charge in [-0.1, -0.05) is 0 Å². The van der Waals surface area contributed by atoms with Crippen molar-refractivity contribution in [1.82, 2.24) is 25.3 Å². The van der Waals surface area contributed by atoms with Gasteiger partial charge in [-0.15, -0.1) is 0 Å². The Morgan fingerprint density at radius 3 is 2.35 bits per heavy atom. The van der Waals surface area contributed by atoms with E-state index in [1.165, 1.54) is 6.92 Å². The molecule has 5 amide bonds. The molecule has 112 valence electrons. The second kappa shape index (κ2) is 6.44. The minimum absolute atomic E-state index is 0.0186. The van der Waals surface area contributed by atoms with Crippen molar-refractivity contribution in [3.63, 3.8) is 0 Å². The predicted octanol–water partition coefficient (Wildman–Crippen LogP) is -1.11. The van der Waals surface area contributed by atoms with Crippen LogP contribution in [-0.4, -0.2) is 85.0 Å². The molecule has 8 nitrogen and oxygen atoms in total. The summed E-state index contributed by atoms with van der Waals surface area (Å²) < 4.78 is 0.